The molecular formula is C16H23NSi. The molecule has 96 valence electrons. The number of hydrogen-bond donors (Lipinski definition) is 1. The highest BCUT2D eigenvalue weighted by Crippen LogP contribution is 2.23. The van der Waals surface area contributed by atoms with Gasteiger partial charge < -0.3 is 4.98 Å². The molecule has 0 saturated heterocycles. The molecule has 18 heavy (non-hydrogen) atoms. The zero-order chi connectivity index (χ0) is 13.2. The Labute approximate surface area is 112 Å². The van der Waals surface area contributed by atoms with E-state index in [1.165, 1.54) is 5.19 Å². The molecule has 1 atom stereocenters. The number of hydrogen-bond acceptors (Lipinski definition) is 1. The Bertz CT molecular complexity index is 468. The van der Waals surface area contributed by atoms with Gasteiger partial charge in [0.2, 0.25) is 0 Å². The monoisotopic (exact) mass is 257 g/mol. The highest BCUT2D eigenvalue weighted by atomic mass is 28.3. The van der Waals surface area contributed by atoms with Gasteiger partial charge in [0, 0.05) is 5.54 Å². The highest BCUT2D eigenvalue weighted by Gasteiger charge is 2.37. The third-order valence-corrected chi connectivity index (χ3v) is 7.78. The maximum absolute atomic E-state index is 3.92. The van der Waals surface area contributed by atoms with Gasteiger partial charge in [-0.05, 0) is 38.9 Å². The van der Waals surface area contributed by atoms with Crippen molar-refractivity contribution in [3.63, 3.8) is 0 Å². The van der Waals surface area contributed by atoms with Crippen LogP contribution in [0.4, 0.5) is 0 Å². The van der Waals surface area contributed by atoms with Crippen molar-refractivity contribution < 1.29 is 0 Å². The lowest BCUT2D eigenvalue weighted by molar-refractivity contribution is 0.515. The van der Waals surface area contributed by atoms with Crippen LogP contribution in [0.3, 0.4) is 0 Å². The molecule has 1 aromatic carbocycles. The van der Waals surface area contributed by atoms with E-state index in [1.807, 2.05) is 0 Å². The lowest BCUT2D eigenvalue weighted by atomic mass is 10.1. The number of rotatable bonds is 3. The van der Waals surface area contributed by atoms with Crippen molar-refractivity contribution in [1.82, 2.24) is 4.98 Å². The predicted octanol–water partition coefficient (Wildman–Crippen LogP) is 3.28. The summed E-state index contributed by atoms with van der Waals surface area (Å²) < 4.78 is 0. The van der Waals surface area contributed by atoms with Gasteiger partial charge in [-0.1, -0.05) is 53.8 Å². The van der Waals surface area contributed by atoms with E-state index in [0.29, 0.717) is 0 Å². The Kier molecular flexibility index (Phi) is 3.60. The zero-order valence-electron chi connectivity index (χ0n) is 11.8. The predicted molar refractivity (Wildman–Crippen MR) is 82.4 cm³/mol. The Morgan fingerprint density at radius 1 is 1.11 bits per heavy atom. The van der Waals surface area contributed by atoms with E-state index in [2.05, 4.69) is 80.9 Å². The van der Waals surface area contributed by atoms with Crippen molar-refractivity contribution in [1.29, 1.82) is 0 Å². The van der Waals surface area contributed by atoms with Crippen LogP contribution in [0.1, 0.15) is 27.2 Å². The summed E-state index contributed by atoms with van der Waals surface area (Å²) in [5.41, 5.74) is 0.139. The Hall–Kier alpha value is -1.12. The summed E-state index contributed by atoms with van der Waals surface area (Å²) in [5, 5.41) is 3.04. The molecule has 1 aliphatic rings. The third kappa shape index (κ3) is 2.82. The average molecular weight is 257 g/mol. The number of allylic oxidation sites excluding steroid dienone is 4. The normalized spacial score (nSPS) is 18.6. The van der Waals surface area contributed by atoms with Crippen LogP contribution in [0.5, 0.6) is 0 Å². The Morgan fingerprint density at radius 3 is 2.28 bits per heavy atom. The van der Waals surface area contributed by atoms with Crippen LogP contribution in [-0.2, 0) is 0 Å². The van der Waals surface area contributed by atoms with Crippen LogP contribution in [0.25, 0.3) is 0 Å². The van der Waals surface area contributed by atoms with Gasteiger partial charge in [0.25, 0.3) is 0 Å². The van der Waals surface area contributed by atoms with Crippen molar-refractivity contribution in [2.45, 2.75) is 39.3 Å². The molecule has 1 unspecified atom stereocenters. The molecular weight excluding hydrogens is 234 g/mol. The zero-order valence-corrected chi connectivity index (χ0v) is 12.8. The summed E-state index contributed by atoms with van der Waals surface area (Å²) >= 11 is 0. The fraction of sp³-hybridized carbons (Fsp3) is 0.375. The first-order valence-electron chi connectivity index (χ1n) is 6.63. The second-order valence-corrected chi connectivity index (χ2v) is 9.91. The summed E-state index contributed by atoms with van der Waals surface area (Å²) in [7, 11) is -1.78. The van der Waals surface area contributed by atoms with Gasteiger partial charge in [-0.15, -0.1) is 0 Å². The van der Waals surface area contributed by atoms with Gasteiger partial charge in [0.05, 0.1) is 0 Å². The minimum atomic E-state index is -1.78. The van der Waals surface area contributed by atoms with Crippen molar-refractivity contribution in [3.8, 4) is 0 Å². The first-order chi connectivity index (χ1) is 8.42. The van der Waals surface area contributed by atoms with Gasteiger partial charge in [-0.25, -0.2) is 0 Å². The molecule has 0 amide bonds. The number of benzene rings is 1. The van der Waals surface area contributed by atoms with Gasteiger partial charge in [0.15, 0.2) is 8.24 Å². The SMILES string of the molecule is CC(C)(C)N[Si](C)(C1=CC=CC1)c1ccccc1. The molecule has 2 rings (SSSR count). The summed E-state index contributed by atoms with van der Waals surface area (Å²) in [6, 6.07) is 10.9. The lowest BCUT2D eigenvalue weighted by Crippen LogP contribution is -2.65. The van der Waals surface area contributed by atoms with E-state index in [9.17, 15) is 0 Å². The molecule has 2 heteroatoms. The van der Waals surface area contributed by atoms with E-state index in [0.717, 1.165) is 6.42 Å². The van der Waals surface area contributed by atoms with E-state index >= 15 is 0 Å². The molecule has 0 radical (unpaired) electrons. The average Bonchev–Trinajstić information content (AvgIpc) is 2.82. The fourth-order valence-electron chi connectivity index (χ4n) is 2.68. The van der Waals surface area contributed by atoms with Crippen molar-refractivity contribution >= 4 is 13.4 Å². The van der Waals surface area contributed by atoms with E-state index < -0.39 is 8.24 Å². The molecule has 0 bridgehead atoms. The quantitative estimate of drug-likeness (QED) is 0.819. The molecule has 0 saturated carbocycles. The van der Waals surface area contributed by atoms with E-state index in [4.69, 9.17) is 0 Å². The van der Waals surface area contributed by atoms with Crippen LogP contribution in [0, 0.1) is 0 Å². The van der Waals surface area contributed by atoms with Crippen LogP contribution in [0.2, 0.25) is 6.55 Å². The molecule has 0 spiro atoms. The fourth-order valence-corrected chi connectivity index (χ4v) is 6.67. The highest BCUT2D eigenvalue weighted by molar-refractivity contribution is 6.94. The van der Waals surface area contributed by atoms with Crippen molar-refractivity contribution in [2.24, 2.45) is 0 Å². The smallest absolute Gasteiger partial charge is 0.183 e. The van der Waals surface area contributed by atoms with Crippen LogP contribution in [-0.4, -0.2) is 13.8 Å². The second kappa shape index (κ2) is 4.86. The first-order valence-corrected chi connectivity index (χ1v) is 9.13. The second-order valence-electron chi connectivity index (χ2n) is 6.19. The number of nitrogens with one attached hydrogen (secondary N) is 1. The van der Waals surface area contributed by atoms with Crippen molar-refractivity contribution in [2.75, 3.05) is 0 Å². The van der Waals surface area contributed by atoms with Crippen molar-refractivity contribution in [3.05, 3.63) is 53.8 Å². The molecule has 1 N–H and O–H groups in total. The third-order valence-electron chi connectivity index (χ3n) is 3.39. The first kappa shape index (κ1) is 13.3. The molecule has 1 aromatic rings. The maximum atomic E-state index is 3.92. The van der Waals surface area contributed by atoms with Crippen LogP contribution >= 0.6 is 0 Å². The topological polar surface area (TPSA) is 12.0 Å². The van der Waals surface area contributed by atoms with E-state index in [1.54, 1.807) is 5.20 Å². The standard InChI is InChI=1S/C16H23NSi/c1-16(2,3)17-18(4,15-12-8-9-13-15)14-10-6-5-7-11-14/h5-12,17H,13H2,1-4H3. The molecule has 0 heterocycles. The Balaban J connectivity index is 2.40. The van der Waals surface area contributed by atoms with E-state index in [-0.39, 0.29) is 5.54 Å². The van der Waals surface area contributed by atoms with Gasteiger partial charge in [-0.2, -0.15) is 0 Å². The summed E-state index contributed by atoms with van der Waals surface area (Å²) in [6.07, 6.45) is 7.85. The van der Waals surface area contributed by atoms with Gasteiger partial charge >= 0.3 is 0 Å². The summed E-state index contributed by atoms with van der Waals surface area (Å²) in [4.78, 5) is 3.92. The molecule has 0 aliphatic heterocycles. The summed E-state index contributed by atoms with van der Waals surface area (Å²) in [6.45, 7) is 9.19. The van der Waals surface area contributed by atoms with Crippen LogP contribution in [0.15, 0.2) is 53.8 Å². The minimum absolute atomic E-state index is 0.139. The largest absolute Gasteiger partial charge is 0.326 e. The molecule has 1 nitrogen and oxygen atoms in total. The van der Waals surface area contributed by atoms with Gasteiger partial charge in [0.1, 0.15) is 0 Å². The summed E-state index contributed by atoms with van der Waals surface area (Å²) in [5.74, 6) is 0. The maximum Gasteiger partial charge on any atom is 0.183 e. The molecule has 0 aromatic heterocycles. The van der Waals surface area contributed by atoms with Gasteiger partial charge in [-0.3, -0.25) is 0 Å². The van der Waals surface area contributed by atoms with Crippen LogP contribution < -0.4 is 10.2 Å². The Morgan fingerprint density at radius 2 is 1.78 bits per heavy atom. The molecule has 1 aliphatic carbocycles. The molecule has 0 fully saturated rings. The lowest BCUT2D eigenvalue weighted by Gasteiger charge is -2.37. The minimum Gasteiger partial charge on any atom is -0.326 e.